The van der Waals surface area contributed by atoms with E-state index >= 15 is 0 Å². The van der Waals surface area contributed by atoms with E-state index in [9.17, 15) is 13.7 Å². The molecule has 2 N–H and O–H groups in total. The van der Waals surface area contributed by atoms with E-state index in [1.807, 2.05) is 30.1 Å². The molecule has 0 amide bonds. The number of rotatable bonds is 3. The number of sulfone groups is 1. The van der Waals surface area contributed by atoms with Crippen LogP contribution in [-0.2, 0) is 16.9 Å². The van der Waals surface area contributed by atoms with E-state index in [0.717, 1.165) is 11.8 Å². The molecule has 6 nitrogen and oxygen atoms in total. The minimum absolute atomic E-state index is 0.144. The van der Waals surface area contributed by atoms with Crippen molar-refractivity contribution in [3.05, 3.63) is 54.4 Å². The Morgan fingerprint density at radius 3 is 2.36 bits per heavy atom. The fourth-order valence-corrected chi connectivity index (χ4v) is 3.22. The van der Waals surface area contributed by atoms with E-state index in [1.165, 1.54) is 12.1 Å². The normalized spacial score (nSPS) is 11.2. The van der Waals surface area contributed by atoms with Gasteiger partial charge in [-0.2, -0.15) is 5.26 Å². The third-order valence-corrected chi connectivity index (χ3v) is 5.01. The van der Waals surface area contributed by atoms with Crippen LogP contribution in [0.1, 0.15) is 5.56 Å². The minimum atomic E-state index is -3.28. The standard InChI is InChI=1S/C18H16N4O2S/c1-22-8-7-13(11-22)17-9-15(16(10-19)18(20)21-17)12-3-5-14(6-4-12)25(2,23)24/h3-9,11H,1-2H3,(H2,20,21). The van der Waals surface area contributed by atoms with Crippen molar-refractivity contribution in [3.8, 4) is 28.5 Å². The first kappa shape index (κ1) is 16.7. The Bertz CT molecular complexity index is 1090. The molecule has 0 aliphatic heterocycles. The molecule has 0 saturated carbocycles. The molecule has 0 saturated heterocycles. The van der Waals surface area contributed by atoms with Gasteiger partial charge in [0.25, 0.3) is 0 Å². The molecular weight excluding hydrogens is 336 g/mol. The Balaban J connectivity index is 2.17. The predicted octanol–water partition coefficient (Wildman–Crippen LogP) is 2.61. The minimum Gasteiger partial charge on any atom is -0.383 e. The van der Waals surface area contributed by atoms with Gasteiger partial charge in [0.15, 0.2) is 9.84 Å². The van der Waals surface area contributed by atoms with Gasteiger partial charge in [-0.25, -0.2) is 13.4 Å². The maximum Gasteiger partial charge on any atom is 0.175 e. The average molecular weight is 352 g/mol. The molecular formula is C18H16N4O2S. The van der Waals surface area contributed by atoms with Gasteiger partial charge in [-0.15, -0.1) is 0 Å². The van der Waals surface area contributed by atoms with E-state index in [1.54, 1.807) is 18.2 Å². The van der Waals surface area contributed by atoms with Gasteiger partial charge in [-0.05, 0) is 29.8 Å². The summed E-state index contributed by atoms with van der Waals surface area (Å²) in [6, 6.07) is 12.2. The maximum absolute atomic E-state index is 11.6. The largest absolute Gasteiger partial charge is 0.383 e. The molecule has 0 atom stereocenters. The van der Waals surface area contributed by atoms with Gasteiger partial charge in [0.05, 0.1) is 10.6 Å². The highest BCUT2D eigenvalue weighted by atomic mass is 32.2. The van der Waals surface area contributed by atoms with Crippen LogP contribution in [0.5, 0.6) is 0 Å². The van der Waals surface area contributed by atoms with Crippen LogP contribution in [0, 0.1) is 11.3 Å². The molecule has 3 rings (SSSR count). The highest BCUT2D eigenvalue weighted by Crippen LogP contribution is 2.31. The number of nitrogens with zero attached hydrogens (tertiary/aromatic N) is 3. The molecule has 2 heterocycles. The van der Waals surface area contributed by atoms with Crippen LogP contribution in [0.25, 0.3) is 22.4 Å². The summed E-state index contributed by atoms with van der Waals surface area (Å²) in [7, 11) is -1.37. The van der Waals surface area contributed by atoms with Crippen LogP contribution in [0.15, 0.2) is 53.7 Å². The molecule has 126 valence electrons. The second kappa shape index (κ2) is 6.07. The van der Waals surface area contributed by atoms with Gasteiger partial charge in [-0.3, -0.25) is 0 Å². The molecule has 0 unspecified atom stereocenters. The van der Waals surface area contributed by atoms with Crippen LogP contribution in [-0.4, -0.2) is 24.2 Å². The quantitative estimate of drug-likeness (QED) is 0.780. The summed E-state index contributed by atoms with van der Waals surface area (Å²) in [6.07, 6.45) is 4.96. The number of aromatic nitrogens is 2. The van der Waals surface area contributed by atoms with Crippen molar-refractivity contribution >= 4 is 15.7 Å². The number of hydrogen-bond donors (Lipinski definition) is 1. The van der Waals surface area contributed by atoms with Gasteiger partial charge < -0.3 is 10.3 Å². The number of aryl methyl sites for hydroxylation is 1. The van der Waals surface area contributed by atoms with E-state index in [0.29, 0.717) is 16.8 Å². The Kier molecular flexibility index (Phi) is 4.07. The van der Waals surface area contributed by atoms with Crippen molar-refractivity contribution in [2.24, 2.45) is 7.05 Å². The number of pyridine rings is 1. The third kappa shape index (κ3) is 3.25. The van der Waals surface area contributed by atoms with Crippen molar-refractivity contribution in [2.75, 3.05) is 12.0 Å². The van der Waals surface area contributed by atoms with E-state index in [-0.39, 0.29) is 16.3 Å². The first-order chi connectivity index (χ1) is 11.8. The first-order valence-electron chi connectivity index (χ1n) is 7.43. The summed E-state index contributed by atoms with van der Waals surface area (Å²) in [5.41, 5.74) is 9.10. The summed E-state index contributed by atoms with van der Waals surface area (Å²) in [5.74, 6) is 0.144. The summed E-state index contributed by atoms with van der Waals surface area (Å²) >= 11 is 0. The lowest BCUT2D eigenvalue weighted by Crippen LogP contribution is -2.00. The first-order valence-corrected chi connectivity index (χ1v) is 9.32. The molecule has 0 aliphatic carbocycles. The maximum atomic E-state index is 11.6. The van der Waals surface area contributed by atoms with E-state index in [2.05, 4.69) is 11.1 Å². The van der Waals surface area contributed by atoms with Crippen LogP contribution in [0.2, 0.25) is 0 Å². The molecule has 0 aliphatic rings. The summed E-state index contributed by atoms with van der Waals surface area (Å²) in [6.45, 7) is 0. The summed E-state index contributed by atoms with van der Waals surface area (Å²) < 4.78 is 25.1. The van der Waals surface area contributed by atoms with Gasteiger partial charge in [0, 0.05) is 36.8 Å². The van der Waals surface area contributed by atoms with Crippen molar-refractivity contribution in [2.45, 2.75) is 4.90 Å². The van der Waals surface area contributed by atoms with E-state index < -0.39 is 9.84 Å². The monoisotopic (exact) mass is 352 g/mol. The fourth-order valence-electron chi connectivity index (χ4n) is 2.59. The summed E-state index contributed by atoms with van der Waals surface area (Å²) in [4.78, 5) is 4.54. The predicted molar refractivity (Wildman–Crippen MR) is 96.3 cm³/mol. The molecule has 3 aromatic rings. The second-order valence-electron chi connectivity index (χ2n) is 5.79. The van der Waals surface area contributed by atoms with Crippen molar-refractivity contribution in [1.29, 1.82) is 5.26 Å². The third-order valence-electron chi connectivity index (χ3n) is 3.88. The van der Waals surface area contributed by atoms with Crippen molar-refractivity contribution in [1.82, 2.24) is 9.55 Å². The Hall–Kier alpha value is -3.11. The molecule has 1 aromatic carbocycles. The lowest BCUT2D eigenvalue weighted by atomic mass is 9.99. The van der Waals surface area contributed by atoms with E-state index in [4.69, 9.17) is 5.73 Å². The summed E-state index contributed by atoms with van der Waals surface area (Å²) in [5, 5.41) is 9.44. The number of anilines is 1. The molecule has 25 heavy (non-hydrogen) atoms. The Morgan fingerprint density at radius 1 is 1.16 bits per heavy atom. The van der Waals surface area contributed by atoms with Gasteiger partial charge >= 0.3 is 0 Å². The lowest BCUT2D eigenvalue weighted by Gasteiger charge is -2.10. The fraction of sp³-hybridized carbons (Fsp3) is 0.111. The topological polar surface area (TPSA) is 102 Å². The van der Waals surface area contributed by atoms with Crippen molar-refractivity contribution in [3.63, 3.8) is 0 Å². The molecule has 0 bridgehead atoms. The smallest absolute Gasteiger partial charge is 0.175 e. The van der Waals surface area contributed by atoms with Gasteiger partial charge in [0.1, 0.15) is 17.5 Å². The van der Waals surface area contributed by atoms with Gasteiger partial charge in [-0.1, -0.05) is 12.1 Å². The average Bonchev–Trinajstić information content (AvgIpc) is 3.00. The lowest BCUT2D eigenvalue weighted by molar-refractivity contribution is 0.602. The number of nitrogens with two attached hydrogens (primary N) is 1. The highest BCUT2D eigenvalue weighted by molar-refractivity contribution is 7.90. The Labute approximate surface area is 146 Å². The molecule has 0 fully saturated rings. The molecule has 0 spiro atoms. The molecule has 2 aromatic heterocycles. The van der Waals surface area contributed by atoms with Crippen LogP contribution >= 0.6 is 0 Å². The second-order valence-corrected chi connectivity index (χ2v) is 7.81. The van der Waals surface area contributed by atoms with Crippen LogP contribution in [0.3, 0.4) is 0 Å². The number of benzene rings is 1. The highest BCUT2D eigenvalue weighted by Gasteiger charge is 2.15. The zero-order valence-corrected chi connectivity index (χ0v) is 14.6. The Morgan fingerprint density at radius 2 is 1.84 bits per heavy atom. The SMILES string of the molecule is Cn1ccc(-c2cc(-c3ccc(S(C)(=O)=O)cc3)c(C#N)c(N)n2)c1. The van der Waals surface area contributed by atoms with Crippen LogP contribution in [0.4, 0.5) is 5.82 Å². The van der Waals surface area contributed by atoms with Crippen molar-refractivity contribution < 1.29 is 8.42 Å². The number of nitriles is 1. The molecule has 0 radical (unpaired) electrons. The molecule has 7 heteroatoms. The zero-order chi connectivity index (χ0) is 18.2. The number of nitrogen functional groups attached to an aromatic ring is 1. The zero-order valence-electron chi connectivity index (χ0n) is 13.8. The van der Waals surface area contributed by atoms with Gasteiger partial charge in [0.2, 0.25) is 0 Å². The van der Waals surface area contributed by atoms with Crippen LogP contribution < -0.4 is 5.73 Å². The number of hydrogen-bond acceptors (Lipinski definition) is 5.